The van der Waals surface area contributed by atoms with E-state index in [-0.39, 0.29) is 0 Å². The highest BCUT2D eigenvalue weighted by Crippen LogP contribution is 2.44. The van der Waals surface area contributed by atoms with Gasteiger partial charge >= 0.3 is 0 Å². The number of hydrogen-bond acceptors (Lipinski definition) is 5. The molecule has 0 radical (unpaired) electrons. The van der Waals surface area contributed by atoms with E-state index in [9.17, 15) is 0 Å². The van der Waals surface area contributed by atoms with Crippen molar-refractivity contribution >= 4 is 64.3 Å². The summed E-state index contributed by atoms with van der Waals surface area (Å²) in [7, 11) is 0. The third-order valence-corrected chi connectivity index (χ3v) is 12.4. The minimum absolute atomic E-state index is 0.626. The second-order valence-electron chi connectivity index (χ2n) is 14.7. The Bertz CT molecular complexity index is 3550. The molecule has 0 bridgehead atoms. The Morgan fingerprint density at radius 3 is 1.76 bits per heavy atom. The lowest BCUT2D eigenvalue weighted by atomic mass is 10.0. The van der Waals surface area contributed by atoms with E-state index >= 15 is 0 Å². The van der Waals surface area contributed by atoms with Crippen LogP contribution in [0, 0.1) is 0 Å². The quantitative estimate of drug-likeness (QED) is 0.169. The summed E-state index contributed by atoms with van der Waals surface area (Å²) in [6.07, 6.45) is 0. The zero-order valence-electron chi connectivity index (χ0n) is 31.6. The third-order valence-electron chi connectivity index (χ3n) is 11.2. The van der Waals surface area contributed by atoms with Crippen LogP contribution in [-0.4, -0.2) is 29.1 Å². The Hall–Kier alpha value is -7.74. The van der Waals surface area contributed by atoms with Crippen molar-refractivity contribution in [2.45, 2.75) is 0 Å². The van der Waals surface area contributed by atoms with Crippen LogP contribution in [-0.2, 0) is 0 Å². The molecule has 0 N–H and O–H groups in total. The number of benzene rings is 8. The smallest absolute Gasteiger partial charge is 0.164 e. The summed E-state index contributed by atoms with van der Waals surface area (Å²) in [5.41, 5.74) is 10.4. The summed E-state index contributed by atoms with van der Waals surface area (Å²) in [5, 5.41) is 4.58. The van der Waals surface area contributed by atoms with E-state index in [0.29, 0.717) is 17.5 Å². The molecule has 0 spiro atoms. The van der Waals surface area contributed by atoms with Crippen molar-refractivity contribution in [3.05, 3.63) is 194 Å². The van der Waals surface area contributed by atoms with E-state index in [2.05, 4.69) is 185 Å². The van der Waals surface area contributed by atoms with Crippen LogP contribution in [0.25, 0.3) is 110 Å². The van der Waals surface area contributed by atoms with E-state index in [4.69, 9.17) is 19.9 Å². The molecule has 0 saturated carbocycles. The molecule has 59 heavy (non-hydrogen) atoms. The molecule has 276 valence electrons. The third kappa shape index (κ3) is 5.40. The highest BCUT2D eigenvalue weighted by atomic mass is 32.1. The van der Waals surface area contributed by atoms with Crippen molar-refractivity contribution in [1.82, 2.24) is 29.1 Å². The predicted octanol–water partition coefficient (Wildman–Crippen LogP) is 13.3. The number of imidazole rings is 1. The van der Waals surface area contributed by atoms with Gasteiger partial charge in [-0.15, -0.1) is 11.3 Å². The first-order valence-electron chi connectivity index (χ1n) is 19.7. The van der Waals surface area contributed by atoms with E-state index in [1.165, 1.54) is 10.1 Å². The van der Waals surface area contributed by atoms with Gasteiger partial charge in [-0.3, -0.25) is 4.57 Å². The molecule has 12 aromatic rings. The van der Waals surface area contributed by atoms with E-state index in [1.54, 1.807) is 11.3 Å². The minimum atomic E-state index is 0.626. The summed E-state index contributed by atoms with van der Waals surface area (Å²) in [6.45, 7) is 0. The molecule has 0 aliphatic carbocycles. The molecule has 6 nitrogen and oxygen atoms in total. The fraction of sp³-hybridized carbons (Fsp3) is 0. The largest absolute Gasteiger partial charge is 0.309 e. The molecule has 0 unspecified atom stereocenters. The fourth-order valence-corrected chi connectivity index (χ4v) is 9.80. The van der Waals surface area contributed by atoms with E-state index in [0.717, 1.165) is 82.4 Å². The monoisotopic (exact) mass is 772 g/mol. The molecule has 12 rings (SSSR count). The second-order valence-corrected chi connectivity index (χ2v) is 15.7. The molecule has 0 aliphatic heterocycles. The number of rotatable bonds is 6. The van der Waals surface area contributed by atoms with Crippen LogP contribution in [0.2, 0.25) is 0 Å². The first kappa shape index (κ1) is 33.4. The first-order valence-corrected chi connectivity index (χ1v) is 20.5. The fourth-order valence-electron chi connectivity index (χ4n) is 8.56. The number of hydrogen-bond donors (Lipinski definition) is 0. The van der Waals surface area contributed by atoms with Crippen molar-refractivity contribution in [2.75, 3.05) is 0 Å². The normalized spacial score (nSPS) is 11.7. The molecule has 0 aliphatic rings. The summed E-state index contributed by atoms with van der Waals surface area (Å²) in [5.74, 6) is 2.80. The number of nitrogens with zero attached hydrogens (tertiary/aromatic N) is 6. The van der Waals surface area contributed by atoms with Crippen LogP contribution in [0.1, 0.15) is 0 Å². The Balaban J connectivity index is 1.07. The average molecular weight is 773 g/mol. The Kier molecular flexibility index (Phi) is 7.61. The molecule has 4 heterocycles. The van der Waals surface area contributed by atoms with Gasteiger partial charge in [-0.1, -0.05) is 121 Å². The highest BCUT2D eigenvalue weighted by Gasteiger charge is 2.22. The second kappa shape index (κ2) is 13.4. The molecular weight excluding hydrogens is 741 g/mol. The van der Waals surface area contributed by atoms with Crippen molar-refractivity contribution in [3.8, 4) is 56.9 Å². The van der Waals surface area contributed by atoms with Crippen molar-refractivity contribution < 1.29 is 0 Å². The van der Waals surface area contributed by atoms with Gasteiger partial charge in [-0.2, -0.15) is 0 Å². The molecule has 0 atom stereocenters. The Morgan fingerprint density at radius 1 is 0.373 bits per heavy atom. The van der Waals surface area contributed by atoms with Crippen molar-refractivity contribution in [2.24, 2.45) is 0 Å². The van der Waals surface area contributed by atoms with E-state index in [1.807, 2.05) is 18.2 Å². The predicted molar refractivity (Wildman–Crippen MR) is 243 cm³/mol. The van der Waals surface area contributed by atoms with Gasteiger partial charge in [-0.25, -0.2) is 19.9 Å². The van der Waals surface area contributed by atoms with Gasteiger partial charge in [0.1, 0.15) is 5.82 Å². The molecule has 8 aromatic carbocycles. The van der Waals surface area contributed by atoms with Crippen molar-refractivity contribution in [1.29, 1.82) is 0 Å². The summed E-state index contributed by atoms with van der Waals surface area (Å²) >= 11 is 1.78. The van der Waals surface area contributed by atoms with Gasteiger partial charge in [0.15, 0.2) is 17.5 Å². The zero-order valence-corrected chi connectivity index (χ0v) is 32.4. The maximum atomic E-state index is 5.31. The highest BCUT2D eigenvalue weighted by molar-refractivity contribution is 7.26. The van der Waals surface area contributed by atoms with E-state index < -0.39 is 0 Å². The van der Waals surface area contributed by atoms with Crippen LogP contribution < -0.4 is 0 Å². The summed E-state index contributed by atoms with van der Waals surface area (Å²) in [6, 6.07) is 67.7. The summed E-state index contributed by atoms with van der Waals surface area (Å²) < 4.78 is 6.92. The van der Waals surface area contributed by atoms with Crippen LogP contribution in [0.5, 0.6) is 0 Å². The molecular formula is C52H32N6S. The number of fused-ring (bicyclic) bond motifs is 7. The standard InChI is InChI=1S/C52H32N6S/c1-4-16-33(17-5-1)49-54-50(34-30-31-44-41(32-34)37-22-10-12-27-43(37)57(44)35-18-6-2-7-19-35)56-51(55-49)39-24-15-29-46-47(39)38-23-14-25-40(48(38)59-46)52-53-42-26-11-13-28-45(42)58(52)36-20-8-3-9-21-36/h1-32H. The van der Waals surface area contributed by atoms with Gasteiger partial charge in [0, 0.05) is 64.6 Å². The first-order chi connectivity index (χ1) is 29.3. The maximum Gasteiger partial charge on any atom is 0.164 e. The minimum Gasteiger partial charge on any atom is -0.309 e. The van der Waals surface area contributed by atoms with Crippen LogP contribution >= 0.6 is 11.3 Å². The lowest BCUT2D eigenvalue weighted by Crippen LogP contribution is -2.00. The van der Waals surface area contributed by atoms with Gasteiger partial charge in [0.2, 0.25) is 0 Å². The number of aromatic nitrogens is 6. The van der Waals surface area contributed by atoms with Crippen LogP contribution in [0.15, 0.2) is 194 Å². The molecule has 0 amide bonds. The Morgan fingerprint density at radius 2 is 0.966 bits per heavy atom. The van der Waals surface area contributed by atoms with Crippen LogP contribution in [0.4, 0.5) is 0 Å². The molecule has 4 aromatic heterocycles. The average Bonchev–Trinajstić information content (AvgIpc) is 3.99. The maximum absolute atomic E-state index is 5.31. The Labute approximate surface area is 343 Å². The van der Waals surface area contributed by atoms with Gasteiger partial charge < -0.3 is 4.57 Å². The molecule has 0 saturated heterocycles. The van der Waals surface area contributed by atoms with Crippen molar-refractivity contribution in [3.63, 3.8) is 0 Å². The lowest BCUT2D eigenvalue weighted by molar-refractivity contribution is 1.08. The van der Waals surface area contributed by atoms with Gasteiger partial charge in [0.25, 0.3) is 0 Å². The lowest BCUT2D eigenvalue weighted by Gasteiger charge is -2.11. The topological polar surface area (TPSA) is 61.4 Å². The number of thiophene rings is 1. The molecule has 0 fully saturated rings. The van der Waals surface area contributed by atoms with Gasteiger partial charge in [0.05, 0.1) is 22.1 Å². The molecule has 7 heteroatoms. The zero-order chi connectivity index (χ0) is 38.9. The van der Waals surface area contributed by atoms with Crippen LogP contribution in [0.3, 0.4) is 0 Å². The number of para-hydroxylation sites is 5. The van der Waals surface area contributed by atoms with Gasteiger partial charge in [-0.05, 0) is 72.8 Å². The summed E-state index contributed by atoms with van der Waals surface area (Å²) in [4.78, 5) is 20.9. The SMILES string of the molecule is c1ccc(-c2nc(-c3ccc4c(c3)c3ccccc3n4-c3ccccc3)nc(-c3cccc4sc5c(-c6nc7ccccc7n6-c6ccccc6)cccc5c34)n2)cc1.